The minimum atomic E-state index is 0.0503. The highest BCUT2D eigenvalue weighted by molar-refractivity contribution is 8.00. The number of aromatic amines is 1. The fourth-order valence-corrected chi connectivity index (χ4v) is 3.22. The van der Waals surface area contributed by atoms with E-state index in [1.54, 1.807) is 11.8 Å². The average molecular weight is 325 g/mol. The van der Waals surface area contributed by atoms with Crippen LogP contribution in [-0.2, 0) is 11.2 Å². The van der Waals surface area contributed by atoms with Crippen LogP contribution in [0.2, 0.25) is 0 Å². The molecular formula is C18H19N3OS. The molecule has 1 heterocycles. The number of nitrogens with one attached hydrogen (secondary N) is 2. The van der Waals surface area contributed by atoms with Crippen molar-refractivity contribution in [3.8, 4) is 0 Å². The Labute approximate surface area is 139 Å². The van der Waals surface area contributed by atoms with E-state index in [1.165, 1.54) is 5.56 Å². The van der Waals surface area contributed by atoms with Crippen LogP contribution >= 0.6 is 11.8 Å². The summed E-state index contributed by atoms with van der Waals surface area (Å²) in [6, 6.07) is 16.0. The number of thioether (sulfide) groups is 1. The molecule has 2 N–H and O–H groups in total. The lowest BCUT2D eigenvalue weighted by Gasteiger charge is -2.06. The van der Waals surface area contributed by atoms with Gasteiger partial charge < -0.3 is 10.3 Å². The highest BCUT2D eigenvalue weighted by Crippen LogP contribution is 2.21. The summed E-state index contributed by atoms with van der Waals surface area (Å²) in [5.74, 6) is 1.39. The summed E-state index contributed by atoms with van der Waals surface area (Å²) in [4.78, 5) is 20.8. The minimum absolute atomic E-state index is 0.0503. The number of imidazole rings is 1. The Morgan fingerprint density at radius 2 is 1.96 bits per heavy atom. The van der Waals surface area contributed by atoms with Crippen LogP contribution in [-0.4, -0.2) is 28.2 Å². The van der Waals surface area contributed by atoms with Gasteiger partial charge in [0.05, 0.1) is 16.8 Å². The molecule has 0 saturated heterocycles. The Morgan fingerprint density at radius 3 is 2.78 bits per heavy atom. The first-order valence-electron chi connectivity index (χ1n) is 7.61. The van der Waals surface area contributed by atoms with Crippen molar-refractivity contribution in [2.24, 2.45) is 0 Å². The van der Waals surface area contributed by atoms with Gasteiger partial charge in [-0.2, -0.15) is 0 Å². The van der Waals surface area contributed by atoms with E-state index in [0.717, 1.165) is 21.8 Å². The Kier molecular flexibility index (Phi) is 4.98. The molecule has 0 saturated carbocycles. The Morgan fingerprint density at radius 1 is 1.17 bits per heavy atom. The second-order valence-electron chi connectivity index (χ2n) is 5.35. The summed E-state index contributed by atoms with van der Waals surface area (Å²) in [5, 5.41) is 2.95. The predicted molar refractivity (Wildman–Crippen MR) is 94.7 cm³/mol. The Bertz CT molecular complexity index is 780. The molecule has 0 unspecified atom stereocenters. The number of aromatic nitrogens is 2. The van der Waals surface area contributed by atoms with Crippen LogP contribution in [0.3, 0.4) is 0 Å². The maximum Gasteiger partial charge on any atom is 0.230 e. The lowest BCUT2D eigenvalue weighted by atomic mass is 10.2. The van der Waals surface area contributed by atoms with Gasteiger partial charge in [-0.25, -0.2) is 4.98 Å². The first-order chi connectivity index (χ1) is 11.2. The van der Waals surface area contributed by atoms with Crippen molar-refractivity contribution in [1.29, 1.82) is 0 Å². The highest BCUT2D eigenvalue weighted by atomic mass is 32.2. The van der Waals surface area contributed by atoms with Crippen LogP contribution in [0.1, 0.15) is 11.4 Å². The van der Waals surface area contributed by atoms with Gasteiger partial charge >= 0.3 is 0 Å². The zero-order valence-corrected chi connectivity index (χ0v) is 13.8. The van der Waals surface area contributed by atoms with Crippen molar-refractivity contribution in [3.63, 3.8) is 0 Å². The monoisotopic (exact) mass is 325 g/mol. The number of benzene rings is 2. The zero-order valence-electron chi connectivity index (χ0n) is 13.0. The standard InChI is InChI=1S/C18H19N3OS/c1-13-6-2-5-9-16(13)23-12-18(22)19-11-10-17-20-14-7-3-4-8-15(14)21-17/h2-9H,10-12H2,1H3,(H,19,22)(H,20,21). The number of para-hydroxylation sites is 2. The summed E-state index contributed by atoms with van der Waals surface area (Å²) >= 11 is 1.57. The van der Waals surface area contributed by atoms with Crippen molar-refractivity contribution < 1.29 is 4.79 Å². The second-order valence-corrected chi connectivity index (χ2v) is 6.37. The molecule has 0 aliphatic rings. The van der Waals surface area contributed by atoms with Crippen molar-refractivity contribution in [2.75, 3.05) is 12.3 Å². The van der Waals surface area contributed by atoms with Gasteiger partial charge in [0, 0.05) is 17.9 Å². The van der Waals surface area contributed by atoms with E-state index in [9.17, 15) is 4.79 Å². The van der Waals surface area contributed by atoms with Crippen LogP contribution in [0.5, 0.6) is 0 Å². The Hall–Kier alpha value is -2.27. The minimum Gasteiger partial charge on any atom is -0.355 e. The molecule has 3 rings (SSSR count). The molecule has 23 heavy (non-hydrogen) atoms. The van der Waals surface area contributed by atoms with Gasteiger partial charge in [-0.3, -0.25) is 4.79 Å². The lowest BCUT2D eigenvalue weighted by molar-refractivity contribution is -0.118. The molecule has 1 amide bonds. The van der Waals surface area contributed by atoms with E-state index in [1.807, 2.05) is 42.5 Å². The maximum atomic E-state index is 11.9. The molecule has 0 fully saturated rings. The quantitative estimate of drug-likeness (QED) is 0.684. The van der Waals surface area contributed by atoms with Crippen LogP contribution in [0, 0.1) is 6.92 Å². The van der Waals surface area contributed by atoms with Crippen molar-refractivity contribution >= 4 is 28.7 Å². The third-order valence-corrected chi connectivity index (χ3v) is 4.75. The van der Waals surface area contributed by atoms with E-state index in [-0.39, 0.29) is 5.91 Å². The van der Waals surface area contributed by atoms with Crippen molar-refractivity contribution in [1.82, 2.24) is 15.3 Å². The molecule has 2 aromatic carbocycles. The van der Waals surface area contributed by atoms with E-state index in [2.05, 4.69) is 28.3 Å². The molecule has 0 bridgehead atoms. The van der Waals surface area contributed by atoms with Gasteiger partial charge in [-0.15, -0.1) is 11.8 Å². The second kappa shape index (κ2) is 7.33. The van der Waals surface area contributed by atoms with E-state index < -0.39 is 0 Å². The normalized spacial score (nSPS) is 10.8. The van der Waals surface area contributed by atoms with E-state index in [0.29, 0.717) is 18.7 Å². The molecule has 0 radical (unpaired) electrons. The molecule has 0 atom stereocenters. The first kappa shape index (κ1) is 15.6. The van der Waals surface area contributed by atoms with Gasteiger partial charge in [0.25, 0.3) is 0 Å². The smallest absolute Gasteiger partial charge is 0.230 e. The number of hydrogen-bond acceptors (Lipinski definition) is 3. The van der Waals surface area contributed by atoms with Gasteiger partial charge in [0.1, 0.15) is 5.82 Å². The molecule has 0 aliphatic heterocycles. The first-order valence-corrected chi connectivity index (χ1v) is 8.60. The third kappa shape index (κ3) is 4.13. The number of H-pyrrole nitrogens is 1. The molecule has 3 aromatic rings. The van der Waals surface area contributed by atoms with Gasteiger partial charge in [-0.1, -0.05) is 30.3 Å². The summed E-state index contributed by atoms with van der Waals surface area (Å²) in [7, 11) is 0. The summed E-state index contributed by atoms with van der Waals surface area (Å²) in [6.07, 6.45) is 0.704. The van der Waals surface area contributed by atoms with Gasteiger partial charge in [0.2, 0.25) is 5.91 Å². The summed E-state index contributed by atoms with van der Waals surface area (Å²) < 4.78 is 0. The fraction of sp³-hybridized carbons (Fsp3) is 0.222. The van der Waals surface area contributed by atoms with E-state index in [4.69, 9.17) is 0 Å². The molecule has 5 heteroatoms. The molecule has 0 spiro atoms. The number of hydrogen-bond donors (Lipinski definition) is 2. The van der Waals surface area contributed by atoms with Gasteiger partial charge in [-0.05, 0) is 30.7 Å². The topological polar surface area (TPSA) is 57.8 Å². The number of nitrogens with zero attached hydrogens (tertiary/aromatic N) is 1. The number of amides is 1. The highest BCUT2D eigenvalue weighted by Gasteiger charge is 2.06. The fourth-order valence-electron chi connectivity index (χ4n) is 2.36. The lowest BCUT2D eigenvalue weighted by Crippen LogP contribution is -2.27. The maximum absolute atomic E-state index is 11.9. The summed E-state index contributed by atoms with van der Waals surface area (Å²) in [6.45, 7) is 2.65. The summed E-state index contributed by atoms with van der Waals surface area (Å²) in [5.41, 5.74) is 3.19. The van der Waals surface area contributed by atoms with Gasteiger partial charge in [0.15, 0.2) is 0 Å². The van der Waals surface area contributed by atoms with Crippen molar-refractivity contribution in [3.05, 3.63) is 59.9 Å². The van der Waals surface area contributed by atoms with Crippen LogP contribution < -0.4 is 5.32 Å². The Balaban J connectivity index is 1.45. The number of fused-ring (bicyclic) bond motifs is 1. The predicted octanol–water partition coefficient (Wildman–Crippen LogP) is 3.32. The largest absolute Gasteiger partial charge is 0.355 e. The molecule has 1 aromatic heterocycles. The number of carbonyl (C=O) groups excluding carboxylic acids is 1. The van der Waals surface area contributed by atoms with Crippen LogP contribution in [0.25, 0.3) is 11.0 Å². The molecule has 0 aliphatic carbocycles. The van der Waals surface area contributed by atoms with Crippen LogP contribution in [0.15, 0.2) is 53.4 Å². The zero-order chi connectivity index (χ0) is 16.1. The number of carbonyl (C=O) groups is 1. The molecular weight excluding hydrogens is 306 g/mol. The number of aryl methyl sites for hydroxylation is 1. The number of rotatable bonds is 6. The average Bonchev–Trinajstić information content (AvgIpc) is 2.97. The SMILES string of the molecule is Cc1ccccc1SCC(=O)NCCc1nc2ccccc2[nH]1. The van der Waals surface area contributed by atoms with Crippen LogP contribution in [0.4, 0.5) is 0 Å². The molecule has 4 nitrogen and oxygen atoms in total. The van der Waals surface area contributed by atoms with E-state index >= 15 is 0 Å². The molecule has 118 valence electrons. The van der Waals surface area contributed by atoms with Crippen molar-refractivity contribution in [2.45, 2.75) is 18.2 Å². The third-order valence-electron chi connectivity index (χ3n) is 3.57.